The lowest BCUT2D eigenvalue weighted by molar-refractivity contribution is -0.273. The van der Waals surface area contributed by atoms with E-state index >= 15 is 0 Å². The molecule has 0 fully saturated rings. The molecule has 0 spiro atoms. The van der Waals surface area contributed by atoms with Gasteiger partial charge in [0, 0.05) is 21.2 Å². The van der Waals surface area contributed by atoms with Crippen molar-refractivity contribution in [1.82, 2.24) is 0 Å². The number of hydrogen-bond donors (Lipinski definition) is 0. The van der Waals surface area contributed by atoms with Crippen LogP contribution in [0, 0.1) is 6.92 Å². The van der Waals surface area contributed by atoms with E-state index < -0.39 is 22.6 Å². The minimum absolute atomic E-state index is 0.0157. The zero-order chi connectivity index (χ0) is 22.3. The van der Waals surface area contributed by atoms with Crippen LogP contribution in [-0.4, -0.2) is 29.3 Å². The standard InChI is InChI=1S/C20H15BrCl2F3NO3/c1-3-29-18(28)15-5-4-11(6-10(15)2)16-17(21)19(30-27-16,20(24,25)26)12-7-13(22)9-14(23)8-12/h4-9,17H,3H2,1-2H3. The minimum Gasteiger partial charge on any atom is -0.462 e. The smallest absolute Gasteiger partial charge is 0.436 e. The number of aryl methyl sites for hydroxylation is 1. The summed E-state index contributed by atoms with van der Waals surface area (Å²) in [6, 6.07) is 8.14. The van der Waals surface area contributed by atoms with Gasteiger partial charge in [-0.25, -0.2) is 4.79 Å². The number of hydrogen-bond acceptors (Lipinski definition) is 4. The molecular formula is C20H15BrCl2F3NO3. The van der Waals surface area contributed by atoms with Gasteiger partial charge in [-0.05, 0) is 49.7 Å². The predicted molar refractivity (Wildman–Crippen MR) is 112 cm³/mol. The van der Waals surface area contributed by atoms with E-state index in [4.69, 9.17) is 32.8 Å². The molecule has 0 radical (unpaired) electrons. The number of esters is 1. The van der Waals surface area contributed by atoms with Crippen LogP contribution in [0.15, 0.2) is 41.6 Å². The normalized spacial score (nSPS) is 21.2. The molecular weight excluding hydrogens is 510 g/mol. The highest BCUT2D eigenvalue weighted by Crippen LogP contribution is 2.52. The summed E-state index contributed by atoms with van der Waals surface area (Å²) in [6.45, 7) is 3.55. The molecule has 0 saturated carbocycles. The first-order valence-corrected chi connectivity index (χ1v) is 10.4. The number of ether oxygens (including phenoxy) is 1. The van der Waals surface area contributed by atoms with Crippen LogP contribution in [0.3, 0.4) is 0 Å². The Balaban J connectivity index is 2.04. The summed E-state index contributed by atoms with van der Waals surface area (Å²) in [4.78, 5) is 15.6. The second-order valence-corrected chi connectivity index (χ2v) is 8.36. The van der Waals surface area contributed by atoms with Crippen molar-refractivity contribution in [2.75, 3.05) is 6.61 Å². The van der Waals surface area contributed by atoms with Crippen molar-refractivity contribution >= 4 is 50.8 Å². The van der Waals surface area contributed by atoms with Gasteiger partial charge in [0.2, 0.25) is 0 Å². The van der Waals surface area contributed by atoms with Gasteiger partial charge >= 0.3 is 12.1 Å². The molecule has 1 aliphatic rings. The highest BCUT2D eigenvalue weighted by Gasteiger charge is 2.67. The fourth-order valence-electron chi connectivity index (χ4n) is 3.19. The summed E-state index contributed by atoms with van der Waals surface area (Å²) in [6.07, 6.45) is -4.85. The predicted octanol–water partition coefficient (Wildman–Crippen LogP) is 6.43. The Hall–Kier alpha value is -1.77. The van der Waals surface area contributed by atoms with Crippen LogP contribution in [0.5, 0.6) is 0 Å². The molecule has 2 aromatic rings. The molecule has 0 N–H and O–H groups in total. The average Bonchev–Trinajstić information content (AvgIpc) is 2.99. The van der Waals surface area contributed by atoms with Gasteiger partial charge in [0.1, 0.15) is 10.5 Å². The molecule has 0 bridgehead atoms. The fraction of sp³-hybridized carbons (Fsp3) is 0.300. The van der Waals surface area contributed by atoms with E-state index in [9.17, 15) is 18.0 Å². The Labute approximate surface area is 189 Å². The molecule has 3 rings (SSSR count). The molecule has 1 heterocycles. The van der Waals surface area contributed by atoms with Crippen LogP contribution in [0.2, 0.25) is 10.0 Å². The zero-order valence-corrected chi connectivity index (χ0v) is 18.8. The first kappa shape index (κ1) is 22.9. The van der Waals surface area contributed by atoms with Gasteiger partial charge < -0.3 is 9.57 Å². The summed E-state index contributed by atoms with van der Waals surface area (Å²) in [5, 5.41) is 3.81. The van der Waals surface area contributed by atoms with E-state index in [1.807, 2.05) is 0 Å². The van der Waals surface area contributed by atoms with Crippen LogP contribution in [0.1, 0.15) is 34.0 Å². The Bertz CT molecular complexity index is 1010. The Morgan fingerprint density at radius 3 is 2.40 bits per heavy atom. The van der Waals surface area contributed by atoms with Gasteiger partial charge in [0.05, 0.1) is 12.2 Å². The lowest BCUT2D eigenvalue weighted by atomic mass is 9.86. The molecule has 2 unspecified atom stereocenters. The molecule has 0 amide bonds. The Morgan fingerprint density at radius 2 is 1.87 bits per heavy atom. The summed E-state index contributed by atoms with van der Waals surface area (Å²) < 4.78 is 47.8. The maximum Gasteiger partial charge on any atom is 0.436 e. The van der Waals surface area contributed by atoms with Crippen molar-refractivity contribution in [3.05, 3.63) is 68.7 Å². The van der Waals surface area contributed by atoms with Crippen molar-refractivity contribution in [3.8, 4) is 0 Å². The molecule has 1 aliphatic heterocycles. The van der Waals surface area contributed by atoms with E-state index in [1.54, 1.807) is 19.9 Å². The highest BCUT2D eigenvalue weighted by molar-refractivity contribution is 9.10. The molecule has 10 heteroatoms. The first-order valence-electron chi connectivity index (χ1n) is 8.72. The lowest BCUT2D eigenvalue weighted by Crippen LogP contribution is -2.50. The van der Waals surface area contributed by atoms with E-state index in [-0.39, 0.29) is 27.9 Å². The van der Waals surface area contributed by atoms with Crippen molar-refractivity contribution in [2.45, 2.75) is 30.5 Å². The monoisotopic (exact) mass is 523 g/mol. The Kier molecular flexibility index (Phi) is 6.41. The molecule has 0 saturated heterocycles. The summed E-state index contributed by atoms with van der Waals surface area (Å²) in [5.74, 6) is -0.514. The van der Waals surface area contributed by atoms with Gasteiger partial charge in [0.15, 0.2) is 0 Å². The van der Waals surface area contributed by atoms with Gasteiger partial charge in [-0.3, -0.25) is 0 Å². The van der Waals surface area contributed by atoms with Crippen LogP contribution >= 0.6 is 39.1 Å². The fourth-order valence-corrected chi connectivity index (χ4v) is 4.67. The number of benzene rings is 2. The number of carbonyl (C=O) groups excluding carboxylic acids is 1. The minimum atomic E-state index is -4.85. The molecule has 30 heavy (non-hydrogen) atoms. The average molecular weight is 525 g/mol. The number of oxime groups is 1. The van der Waals surface area contributed by atoms with E-state index in [2.05, 4.69) is 21.1 Å². The van der Waals surface area contributed by atoms with Crippen molar-refractivity contribution in [1.29, 1.82) is 0 Å². The van der Waals surface area contributed by atoms with E-state index in [0.717, 1.165) is 12.1 Å². The zero-order valence-electron chi connectivity index (χ0n) is 15.7. The number of nitrogens with zero attached hydrogens (tertiary/aromatic N) is 1. The summed E-state index contributed by atoms with van der Waals surface area (Å²) in [7, 11) is 0. The quantitative estimate of drug-likeness (QED) is 0.342. The van der Waals surface area contributed by atoms with Crippen molar-refractivity contribution in [3.63, 3.8) is 0 Å². The van der Waals surface area contributed by atoms with Crippen molar-refractivity contribution < 1.29 is 27.5 Å². The van der Waals surface area contributed by atoms with Gasteiger partial charge in [-0.2, -0.15) is 13.2 Å². The number of carbonyl (C=O) groups is 1. The maximum atomic E-state index is 14.3. The molecule has 160 valence electrons. The third-order valence-electron chi connectivity index (χ3n) is 4.62. The number of alkyl halides is 4. The first-order chi connectivity index (χ1) is 14.0. The third kappa shape index (κ3) is 3.92. The Morgan fingerprint density at radius 1 is 1.23 bits per heavy atom. The SMILES string of the molecule is CCOC(=O)c1ccc(C2=NOC(c3cc(Cl)cc(Cl)c3)(C(F)(F)F)C2Br)cc1C. The summed E-state index contributed by atoms with van der Waals surface area (Å²) in [5.41, 5.74) is -1.89. The number of halogens is 6. The van der Waals surface area contributed by atoms with Crippen LogP contribution in [0.4, 0.5) is 13.2 Å². The van der Waals surface area contributed by atoms with Crippen LogP contribution in [-0.2, 0) is 15.2 Å². The van der Waals surface area contributed by atoms with Crippen LogP contribution in [0.25, 0.3) is 0 Å². The van der Waals surface area contributed by atoms with Crippen molar-refractivity contribution in [2.24, 2.45) is 5.16 Å². The van der Waals surface area contributed by atoms with Gasteiger partial charge in [-0.15, -0.1) is 0 Å². The topological polar surface area (TPSA) is 47.9 Å². The maximum absolute atomic E-state index is 14.3. The van der Waals surface area contributed by atoms with E-state index in [0.29, 0.717) is 16.7 Å². The molecule has 2 aromatic carbocycles. The lowest BCUT2D eigenvalue weighted by Gasteiger charge is -2.33. The molecule has 4 nitrogen and oxygen atoms in total. The molecule has 2 atom stereocenters. The molecule has 0 aromatic heterocycles. The highest BCUT2D eigenvalue weighted by atomic mass is 79.9. The van der Waals surface area contributed by atoms with Gasteiger partial charge in [-0.1, -0.05) is 50.4 Å². The molecule has 0 aliphatic carbocycles. The second kappa shape index (κ2) is 8.40. The third-order valence-corrected chi connectivity index (χ3v) is 6.13. The largest absolute Gasteiger partial charge is 0.462 e. The van der Waals surface area contributed by atoms with E-state index in [1.165, 1.54) is 18.2 Å². The number of rotatable bonds is 4. The van der Waals surface area contributed by atoms with Crippen LogP contribution < -0.4 is 0 Å². The summed E-state index contributed by atoms with van der Waals surface area (Å²) >= 11 is 15.0. The van der Waals surface area contributed by atoms with Gasteiger partial charge in [0.25, 0.3) is 5.60 Å². The second-order valence-electron chi connectivity index (χ2n) is 6.57.